The first-order valence-corrected chi connectivity index (χ1v) is 4.74. The van der Waals surface area contributed by atoms with E-state index < -0.39 is 0 Å². The maximum absolute atomic E-state index is 11.5. The monoisotopic (exact) mass is 206 g/mol. The summed E-state index contributed by atoms with van der Waals surface area (Å²) in [5, 5.41) is 0. The smallest absolute Gasteiger partial charge is 0.204 e. The summed E-state index contributed by atoms with van der Waals surface area (Å²) in [6.45, 7) is 7.25. The zero-order valence-electron chi connectivity index (χ0n) is 8.93. The van der Waals surface area contributed by atoms with Crippen molar-refractivity contribution in [2.45, 2.75) is 26.4 Å². The predicted molar refractivity (Wildman–Crippen MR) is 56.1 cm³/mol. The van der Waals surface area contributed by atoms with Gasteiger partial charge in [0.25, 0.3) is 0 Å². The molecule has 0 unspecified atom stereocenters. The van der Waals surface area contributed by atoms with Gasteiger partial charge in [0.1, 0.15) is 5.82 Å². The van der Waals surface area contributed by atoms with E-state index in [9.17, 15) is 4.79 Å². The normalized spacial score (nSPS) is 10.1. The van der Waals surface area contributed by atoms with Gasteiger partial charge in [0.05, 0.1) is 12.5 Å². The SMILES string of the molecule is C=C(OC(C)C)C(=O)Cc1ncccn1. The molecule has 15 heavy (non-hydrogen) atoms. The number of nitrogens with zero attached hydrogens (tertiary/aromatic N) is 2. The van der Waals surface area contributed by atoms with E-state index in [1.54, 1.807) is 18.5 Å². The molecule has 0 aromatic carbocycles. The van der Waals surface area contributed by atoms with Crippen molar-refractivity contribution < 1.29 is 9.53 Å². The number of hydrogen-bond acceptors (Lipinski definition) is 4. The lowest BCUT2D eigenvalue weighted by Crippen LogP contribution is -2.13. The third kappa shape index (κ3) is 3.89. The van der Waals surface area contributed by atoms with E-state index in [1.165, 1.54) is 0 Å². The first kappa shape index (κ1) is 11.4. The molecule has 4 nitrogen and oxygen atoms in total. The number of allylic oxidation sites excluding steroid dienone is 1. The molecule has 0 radical (unpaired) electrons. The molecule has 1 aromatic heterocycles. The Morgan fingerprint density at radius 3 is 2.60 bits per heavy atom. The summed E-state index contributed by atoms with van der Waals surface area (Å²) in [7, 11) is 0. The Bertz CT molecular complexity index is 347. The number of rotatable bonds is 5. The van der Waals surface area contributed by atoms with Crippen LogP contribution in [0.1, 0.15) is 19.7 Å². The fourth-order valence-corrected chi connectivity index (χ4v) is 1.01. The largest absolute Gasteiger partial charge is 0.488 e. The Morgan fingerprint density at radius 1 is 1.47 bits per heavy atom. The van der Waals surface area contributed by atoms with Crippen LogP contribution < -0.4 is 0 Å². The second-order valence-electron chi connectivity index (χ2n) is 3.35. The highest BCUT2D eigenvalue weighted by Crippen LogP contribution is 2.04. The number of hydrogen-bond donors (Lipinski definition) is 0. The maximum Gasteiger partial charge on any atom is 0.204 e. The standard InChI is InChI=1S/C11H14N2O2/c1-8(2)15-9(3)10(14)7-11-12-5-4-6-13-11/h4-6,8H,3,7H2,1-2H3. The van der Waals surface area contributed by atoms with Crippen LogP contribution >= 0.6 is 0 Å². The van der Waals surface area contributed by atoms with E-state index in [2.05, 4.69) is 16.5 Å². The molecule has 0 bridgehead atoms. The molecule has 1 aromatic rings. The third-order valence-electron chi connectivity index (χ3n) is 1.63. The Balaban J connectivity index is 2.53. The summed E-state index contributed by atoms with van der Waals surface area (Å²) in [6, 6.07) is 1.70. The van der Waals surface area contributed by atoms with Crippen LogP contribution in [0.4, 0.5) is 0 Å². The summed E-state index contributed by atoms with van der Waals surface area (Å²) in [5.74, 6) is 0.461. The average molecular weight is 206 g/mol. The van der Waals surface area contributed by atoms with E-state index in [0.717, 1.165) is 0 Å². The predicted octanol–water partition coefficient (Wildman–Crippen LogP) is 1.53. The van der Waals surface area contributed by atoms with Crippen molar-refractivity contribution in [2.75, 3.05) is 0 Å². The molecular weight excluding hydrogens is 192 g/mol. The molecule has 80 valence electrons. The molecule has 0 saturated carbocycles. The van der Waals surface area contributed by atoms with E-state index in [0.29, 0.717) is 5.82 Å². The fraction of sp³-hybridized carbons (Fsp3) is 0.364. The molecular formula is C11H14N2O2. The minimum Gasteiger partial charge on any atom is -0.488 e. The van der Waals surface area contributed by atoms with E-state index in [1.807, 2.05) is 13.8 Å². The number of ketones is 1. The molecule has 0 aliphatic carbocycles. The van der Waals surface area contributed by atoms with Crippen molar-refractivity contribution in [3.8, 4) is 0 Å². The Morgan fingerprint density at radius 2 is 2.07 bits per heavy atom. The molecule has 0 atom stereocenters. The van der Waals surface area contributed by atoms with Gasteiger partial charge < -0.3 is 4.74 Å². The summed E-state index contributed by atoms with van der Waals surface area (Å²) in [5.41, 5.74) is 0. The Labute approximate surface area is 89.0 Å². The van der Waals surface area contributed by atoms with Crippen molar-refractivity contribution in [1.29, 1.82) is 0 Å². The number of carbonyl (C=O) groups is 1. The van der Waals surface area contributed by atoms with Gasteiger partial charge in [0.2, 0.25) is 5.78 Å². The summed E-state index contributed by atoms with van der Waals surface area (Å²) in [6.07, 6.45) is 3.29. The van der Waals surface area contributed by atoms with Gasteiger partial charge in [-0.1, -0.05) is 6.58 Å². The molecule has 4 heteroatoms. The van der Waals surface area contributed by atoms with Crippen LogP contribution in [0, 0.1) is 0 Å². The van der Waals surface area contributed by atoms with E-state index >= 15 is 0 Å². The molecule has 0 saturated heterocycles. The van der Waals surface area contributed by atoms with Crippen molar-refractivity contribution in [3.05, 3.63) is 36.6 Å². The summed E-state index contributed by atoms with van der Waals surface area (Å²) in [4.78, 5) is 19.4. The van der Waals surface area contributed by atoms with Gasteiger partial charge in [-0.05, 0) is 19.9 Å². The lowest BCUT2D eigenvalue weighted by atomic mass is 10.2. The first-order valence-electron chi connectivity index (χ1n) is 4.74. The van der Waals surface area contributed by atoms with Gasteiger partial charge in [-0.25, -0.2) is 9.97 Å². The zero-order valence-corrected chi connectivity index (χ0v) is 8.93. The van der Waals surface area contributed by atoms with Crippen molar-refractivity contribution in [2.24, 2.45) is 0 Å². The van der Waals surface area contributed by atoms with Gasteiger partial charge >= 0.3 is 0 Å². The second-order valence-corrected chi connectivity index (χ2v) is 3.35. The number of ether oxygens (including phenoxy) is 1. The van der Waals surface area contributed by atoms with Crippen LogP contribution in [-0.2, 0) is 16.0 Å². The fourth-order valence-electron chi connectivity index (χ4n) is 1.01. The van der Waals surface area contributed by atoms with Crippen LogP contribution in [0.5, 0.6) is 0 Å². The molecule has 1 rings (SSSR count). The van der Waals surface area contributed by atoms with Gasteiger partial charge in [-0.2, -0.15) is 0 Å². The van der Waals surface area contributed by atoms with Gasteiger partial charge in [-0.3, -0.25) is 4.79 Å². The zero-order chi connectivity index (χ0) is 11.3. The lowest BCUT2D eigenvalue weighted by Gasteiger charge is -2.10. The summed E-state index contributed by atoms with van der Waals surface area (Å²) < 4.78 is 5.18. The minimum absolute atomic E-state index is 0.0434. The van der Waals surface area contributed by atoms with Crippen molar-refractivity contribution >= 4 is 5.78 Å². The van der Waals surface area contributed by atoms with Crippen molar-refractivity contribution in [3.63, 3.8) is 0 Å². The minimum atomic E-state index is -0.185. The van der Waals surface area contributed by atoms with Crippen LogP contribution in [0.3, 0.4) is 0 Å². The molecule has 0 spiro atoms. The first-order chi connectivity index (χ1) is 7.09. The molecule has 0 fully saturated rings. The van der Waals surface area contributed by atoms with E-state index in [4.69, 9.17) is 4.74 Å². The number of carbonyl (C=O) groups excluding carboxylic acids is 1. The second kappa shape index (κ2) is 5.24. The van der Waals surface area contributed by atoms with Crippen LogP contribution in [-0.4, -0.2) is 21.9 Å². The maximum atomic E-state index is 11.5. The molecule has 0 amide bonds. The highest BCUT2D eigenvalue weighted by atomic mass is 16.5. The molecule has 0 aliphatic heterocycles. The lowest BCUT2D eigenvalue weighted by molar-refractivity contribution is -0.119. The Hall–Kier alpha value is -1.71. The van der Waals surface area contributed by atoms with Crippen LogP contribution in [0.25, 0.3) is 0 Å². The molecule has 0 N–H and O–H groups in total. The van der Waals surface area contributed by atoms with Gasteiger partial charge in [0.15, 0.2) is 5.76 Å². The van der Waals surface area contributed by atoms with Gasteiger partial charge in [0, 0.05) is 12.4 Å². The molecule has 1 heterocycles. The quantitative estimate of drug-likeness (QED) is 0.541. The number of aromatic nitrogens is 2. The third-order valence-corrected chi connectivity index (χ3v) is 1.63. The van der Waals surface area contributed by atoms with Crippen LogP contribution in [0.15, 0.2) is 30.8 Å². The number of Topliss-reactive ketones (excluding diaryl/α,β-unsaturated/α-hetero) is 1. The average Bonchev–Trinajstić information content (AvgIpc) is 2.18. The van der Waals surface area contributed by atoms with Crippen LogP contribution in [0.2, 0.25) is 0 Å². The highest BCUT2D eigenvalue weighted by molar-refractivity contribution is 5.93. The topological polar surface area (TPSA) is 52.1 Å². The summed E-state index contributed by atoms with van der Waals surface area (Å²) >= 11 is 0. The molecule has 0 aliphatic rings. The van der Waals surface area contributed by atoms with E-state index in [-0.39, 0.29) is 24.1 Å². The van der Waals surface area contributed by atoms with Crippen molar-refractivity contribution in [1.82, 2.24) is 9.97 Å². The van der Waals surface area contributed by atoms with Gasteiger partial charge in [-0.15, -0.1) is 0 Å². The Kier molecular flexibility index (Phi) is 3.97. The highest BCUT2D eigenvalue weighted by Gasteiger charge is 2.12.